The lowest BCUT2D eigenvalue weighted by Crippen LogP contribution is -2.38. The number of aryl methyl sites for hydroxylation is 3. The van der Waals surface area contributed by atoms with Gasteiger partial charge in [0.1, 0.15) is 5.82 Å². The number of piperidine rings is 1. The highest BCUT2D eigenvalue weighted by Gasteiger charge is 2.29. The summed E-state index contributed by atoms with van der Waals surface area (Å²) in [5, 5.41) is 10.2. The molecular formula is C21H25N7OS. The van der Waals surface area contributed by atoms with Gasteiger partial charge in [-0.3, -0.25) is 9.48 Å². The van der Waals surface area contributed by atoms with E-state index in [0.717, 1.165) is 41.3 Å². The largest absolute Gasteiger partial charge is 0.329 e. The van der Waals surface area contributed by atoms with E-state index in [1.165, 1.54) is 0 Å². The van der Waals surface area contributed by atoms with Crippen LogP contribution in [0.5, 0.6) is 0 Å². The highest BCUT2D eigenvalue weighted by atomic mass is 32.1. The summed E-state index contributed by atoms with van der Waals surface area (Å²) in [5.74, 6) is 1.35. The summed E-state index contributed by atoms with van der Waals surface area (Å²) in [6, 6.07) is 1.76. The van der Waals surface area contributed by atoms with Gasteiger partial charge in [-0.25, -0.2) is 15.0 Å². The van der Waals surface area contributed by atoms with Crippen LogP contribution >= 0.6 is 11.3 Å². The van der Waals surface area contributed by atoms with Gasteiger partial charge >= 0.3 is 0 Å². The molecular weight excluding hydrogens is 398 g/mol. The summed E-state index contributed by atoms with van der Waals surface area (Å²) >= 11 is 1.54. The van der Waals surface area contributed by atoms with E-state index >= 15 is 0 Å². The van der Waals surface area contributed by atoms with E-state index in [1.807, 2.05) is 43.4 Å². The van der Waals surface area contributed by atoms with Gasteiger partial charge in [-0.2, -0.15) is 5.10 Å². The number of hydrogen-bond donors (Lipinski definition) is 1. The van der Waals surface area contributed by atoms with Crippen molar-refractivity contribution in [1.82, 2.24) is 29.6 Å². The standard InChI is InChI=1S/C21H25N7OS/c1-14-10-18(26-21-24-15(2)13-30-21)25-20(23-14)17-6-4-5-9-28(17)19(29)8-7-16-11-22-27(3)12-16/h7-8,10-13,17H,4-6,9H2,1-3H3,(H,23,24,25,26)/b8-7+/t17-/m0/s1. The molecule has 0 spiro atoms. The van der Waals surface area contributed by atoms with E-state index in [9.17, 15) is 4.79 Å². The number of anilines is 2. The molecule has 3 aromatic heterocycles. The molecule has 156 valence electrons. The minimum atomic E-state index is -0.136. The summed E-state index contributed by atoms with van der Waals surface area (Å²) < 4.78 is 1.72. The Morgan fingerprint density at radius 3 is 2.83 bits per heavy atom. The maximum Gasteiger partial charge on any atom is 0.247 e. The van der Waals surface area contributed by atoms with Crippen LogP contribution in [0.1, 0.15) is 48.1 Å². The molecule has 1 atom stereocenters. The molecule has 9 heteroatoms. The Labute approximate surface area is 179 Å². The Kier molecular flexibility index (Phi) is 5.89. The number of aromatic nitrogens is 5. The molecule has 4 rings (SSSR count). The maximum absolute atomic E-state index is 13.0. The van der Waals surface area contributed by atoms with Gasteiger partial charge in [0, 0.05) is 48.6 Å². The molecule has 1 fully saturated rings. The smallest absolute Gasteiger partial charge is 0.247 e. The minimum absolute atomic E-state index is 0.0290. The Morgan fingerprint density at radius 2 is 2.10 bits per heavy atom. The van der Waals surface area contributed by atoms with E-state index < -0.39 is 0 Å². The van der Waals surface area contributed by atoms with Crippen LogP contribution in [0.15, 0.2) is 29.9 Å². The average molecular weight is 424 g/mol. The molecule has 0 saturated carbocycles. The van der Waals surface area contributed by atoms with Gasteiger partial charge in [-0.05, 0) is 39.2 Å². The van der Waals surface area contributed by atoms with Gasteiger partial charge in [0.2, 0.25) is 5.91 Å². The summed E-state index contributed by atoms with van der Waals surface area (Å²) in [6.07, 6.45) is 9.91. The number of nitrogens with zero attached hydrogens (tertiary/aromatic N) is 6. The number of thiazole rings is 1. The number of carbonyl (C=O) groups is 1. The van der Waals surface area contributed by atoms with Crippen molar-refractivity contribution < 1.29 is 4.79 Å². The van der Waals surface area contributed by atoms with Crippen molar-refractivity contribution in [2.75, 3.05) is 11.9 Å². The third-order valence-electron chi connectivity index (χ3n) is 4.95. The van der Waals surface area contributed by atoms with Gasteiger partial charge in [-0.15, -0.1) is 11.3 Å². The number of amides is 1. The van der Waals surface area contributed by atoms with Gasteiger partial charge in [0.25, 0.3) is 0 Å². The first-order valence-electron chi connectivity index (χ1n) is 10.00. The molecule has 0 radical (unpaired) electrons. The SMILES string of the molecule is Cc1cc(Nc2nc(C)cs2)nc([C@@H]2CCCCN2C(=O)/C=C/c2cnn(C)c2)n1. The first-order chi connectivity index (χ1) is 14.5. The topological polar surface area (TPSA) is 88.8 Å². The third-order valence-corrected chi connectivity index (χ3v) is 5.83. The highest BCUT2D eigenvalue weighted by Crippen LogP contribution is 2.30. The van der Waals surface area contributed by atoms with Crippen molar-refractivity contribution in [2.24, 2.45) is 7.05 Å². The van der Waals surface area contributed by atoms with Gasteiger partial charge in [0.05, 0.1) is 17.9 Å². The number of nitrogens with one attached hydrogen (secondary N) is 1. The zero-order valence-electron chi connectivity index (χ0n) is 17.4. The van der Waals surface area contributed by atoms with Gasteiger partial charge in [-0.1, -0.05) is 0 Å². The zero-order valence-corrected chi connectivity index (χ0v) is 18.2. The van der Waals surface area contributed by atoms with Crippen LogP contribution in [-0.2, 0) is 11.8 Å². The van der Waals surface area contributed by atoms with Crippen LogP contribution in [0.25, 0.3) is 6.08 Å². The first kappa shape index (κ1) is 20.2. The summed E-state index contributed by atoms with van der Waals surface area (Å²) in [4.78, 5) is 28.7. The van der Waals surface area contributed by atoms with Gasteiger partial charge in [0.15, 0.2) is 11.0 Å². The number of carbonyl (C=O) groups excluding carboxylic acids is 1. The van der Waals surface area contributed by atoms with Gasteiger partial charge < -0.3 is 10.2 Å². The molecule has 0 unspecified atom stereocenters. The lowest BCUT2D eigenvalue weighted by Gasteiger charge is -2.34. The second-order valence-electron chi connectivity index (χ2n) is 7.50. The molecule has 1 N–H and O–H groups in total. The van der Waals surface area contributed by atoms with Crippen molar-refractivity contribution in [3.05, 3.63) is 52.7 Å². The first-order valence-corrected chi connectivity index (χ1v) is 10.9. The zero-order chi connectivity index (χ0) is 21.1. The molecule has 0 aromatic carbocycles. The molecule has 1 amide bonds. The number of likely N-dealkylation sites (tertiary alicyclic amines) is 1. The summed E-state index contributed by atoms with van der Waals surface area (Å²) in [6.45, 7) is 4.61. The molecule has 1 saturated heterocycles. The van der Waals surface area contributed by atoms with Crippen LogP contribution < -0.4 is 5.32 Å². The third kappa shape index (κ3) is 4.73. The fourth-order valence-electron chi connectivity index (χ4n) is 3.58. The predicted octanol–water partition coefficient (Wildman–Crippen LogP) is 3.79. The van der Waals surface area contributed by atoms with Crippen molar-refractivity contribution >= 4 is 34.3 Å². The van der Waals surface area contributed by atoms with E-state index in [2.05, 4.69) is 20.4 Å². The van der Waals surface area contributed by atoms with Crippen LogP contribution in [0, 0.1) is 13.8 Å². The van der Waals surface area contributed by atoms with E-state index in [4.69, 9.17) is 4.98 Å². The van der Waals surface area contributed by atoms with Crippen LogP contribution in [0.3, 0.4) is 0 Å². The van der Waals surface area contributed by atoms with E-state index in [1.54, 1.807) is 34.4 Å². The molecule has 3 aromatic rings. The quantitative estimate of drug-likeness (QED) is 0.628. The molecule has 1 aliphatic rings. The Bertz CT molecular complexity index is 1070. The van der Waals surface area contributed by atoms with Crippen LogP contribution in [0.2, 0.25) is 0 Å². The van der Waals surface area contributed by atoms with E-state index in [0.29, 0.717) is 18.2 Å². The summed E-state index contributed by atoms with van der Waals surface area (Å²) in [7, 11) is 1.85. The molecule has 4 heterocycles. The maximum atomic E-state index is 13.0. The second kappa shape index (κ2) is 8.74. The lowest BCUT2D eigenvalue weighted by atomic mass is 10.0. The Hall–Kier alpha value is -3.07. The normalized spacial score (nSPS) is 16.9. The predicted molar refractivity (Wildman–Crippen MR) is 117 cm³/mol. The monoisotopic (exact) mass is 423 g/mol. The minimum Gasteiger partial charge on any atom is -0.329 e. The molecule has 8 nitrogen and oxygen atoms in total. The lowest BCUT2D eigenvalue weighted by molar-refractivity contribution is -0.129. The Balaban J connectivity index is 1.55. The van der Waals surface area contributed by atoms with Crippen molar-refractivity contribution in [1.29, 1.82) is 0 Å². The fraction of sp³-hybridized carbons (Fsp3) is 0.381. The number of rotatable bonds is 5. The molecule has 30 heavy (non-hydrogen) atoms. The van der Waals surface area contributed by atoms with Crippen LogP contribution in [0.4, 0.5) is 10.9 Å². The molecule has 0 bridgehead atoms. The van der Waals surface area contributed by atoms with Crippen molar-refractivity contribution in [3.63, 3.8) is 0 Å². The van der Waals surface area contributed by atoms with Crippen molar-refractivity contribution in [3.8, 4) is 0 Å². The number of hydrogen-bond acceptors (Lipinski definition) is 7. The molecule has 1 aliphatic heterocycles. The van der Waals surface area contributed by atoms with Crippen LogP contribution in [-0.4, -0.2) is 42.1 Å². The molecule has 0 aliphatic carbocycles. The van der Waals surface area contributed by atoms with E-state index in [-0.39, 0.29) is 11.9 Å². The average Bonchev–Trinajstić information content (AvgIpc) is 3.33. The van der Waals surface area contributed by atoms with Crippen molar-refractivity contribution in [2.45, 2.75) is 39.2 Å². The second-order valence-corrected chi connectivity index (χ2v) is 8.35. The Morgan fingerprint density at radius 1 is 1.23 bits per heavy atom. The fourth-order valence-corrected chi connectivity index (χ4v) is 4.27. The summed E-state index contributed by atoms with van der Waals surface area (Å²) in [5.41, 5.74) is 2.73. The highest BCUT2D eigenvalue weighted by molar-refractivity contribution is 7.13.